The second kappa shape index (κ2) is 3.66. The fourth-order valence-corrected chi connectivity index (χ4v) is 1.29. The minimum atomic E-state index is -4.40. The SMILES string of the molecule is Fc1ccc(N2C=CN(C(F)(F)F)C2)cn1. The van der Waals surface area contributed by atoms with Crippen LogP contribution in [0.4, 0.5) is 23.2 Å². The van der Waals surface area contributed by atoms with E-state index in [0.29, 0.717) is 5.69 Å². The van der Waals surface area contributed by atoms with Crippen molar-refractivity contribution in [2.24, 2.45) is 0 Å². The predicted octanol–water partition coefficient (Wildman–Crippen LogP) is 2.29. The van der Waals surface area contributed by atoms with Crippen molar-refractivity contribution in [1.82, 2.24) is 9.88 Å². The summed E-state index contributed by atoms with van der Waals surface area (Å²) in [6, 6.07) is 2.46. The van der Waals surface area contributed by atoms with Crippen molar-refractivity contribution in [2.45, 2.75) is 6.30 Å². The Morgan fingerprint density at radius 1 is 1.19 bits per heavy atom. The summed E-state index contributed by atoms with van der Waals surface area (Å²) in [5, 5.41) is 0. The van der Waals surface area contributed by atoms with Gasteiger partial charge < -0.3 is 4.90 Å². The molecule has 0 saturated heterocycles. The first-order chi connectivity index (χ1) is 7.47. The molecule has 1 aliphatic heterocycles. The standard InChI is InChI=1S/C9H7F4N3/c10-8-2-1-7(5-14-8)15-3-4-16(6-15)9(11,12)13/h1-5H,6H2. The van der Waals surface area contributed by atoms with Gasteiger partial charge in [0.1, 0.15) is 6.67 Å². The first kappa shape index (κ1) is 10.7. The first-order valence-corrected chi connectivity index (χ1v) is 4.37. The molecule has 0 aliphatic carbocycles. The number of aromatic nitrogens is 1. The monoisotopic (exact) mass is 233 g/mol. The molecule has 0 aromatic carbocycles. The molecule has 0 bridgehead atoms. The molecule has 3 nitrogen and oxygen atoms in total. The molecule has 0 atom stereocenters. The van der Waals surface area contributed by atoms with Crippen LogP contribution in [0.25, 0.3) is 0 Å². The molecule has 0 N–H and O–H groups in total. The molecule has 0 spiro atoms. The summed E-state index contributed by atoms with van der Waals surface area (Å²) >= 11 is 0. The Morgan fingerprint density at radius 2 is 1.94 bits per heavy atom. The van der Waals surface area contributed by atoms with Gasteiger partial charge in [0, 0.05) is 12.4 Å². The van der Waals surface area contributed by atoms with Crippen LogP contribution in [0.15, 0.2) is 30.7 Å². The summed E-state index contributed by atoms with van der Waals surface area (Å²) in [5.74, 6) is -0.667. The van der Waals surface area contributed by atoms with E-state index in [2.05, 4.69) is 4.98 Å². The minimum absolute atomic E-state index is 0.219. The van der Waals surface area contributed by atoms with Crippen molar-refractivity contribution in [1.29, 1.82) is 0 Å². The second-order valence-electron chi connectivity index (χ2n) is 3.19. The number of rotatable bonds is 1. The molecule has 1 aliphatic rings. The van der Waals surface area contributed by atoms with E-state index in [1.807, 2.05) is 0 Å². The lowest BCUT2D eigenvalue weighted by Gasteiger charge is -2.22. The number of anilines is 1. The van der Waals surface area contributed by atoms with E-state index >= 15 is 0 Å². The number of pyridine rings is 1. The molecule has 0 fully saturated rings. The molecule has 0 radical (unpaired) electrons. The molecule has 1 aromatic rings. The largest absolute Gasteiger partial charge is 0.485 e. The normalized spacial score (nSPS) is 16.0. The van der Waals surface area contributed by atoms with E-state index < -0.39 is 12.2 Å². The Balaban J connectivity index is 2.10. The van der Waals surface area contributed by atoms with Gasteiger partial charge in [-0.3, -0.25) is 4.90 Å². The van der Waals surface area contributed by atoms with Crippen LogP contribution < -0.4 is 4.90 Å². The van der Waals surface area contributed by atoms with Gasteiger partial charge in [0.2, 0.25) is 5.95 Å². The Hall–Kier alpha value is -1.79. The highest BCUT2D eigenvalue weighted by Gasteiger charge is 2.38. The molecule has 0 amide bonds. The van der Waals surface area contributed by atoms with Crippen LogP contribution in [-0.4, -0.2) is 22.9 Å². The van der Waals surface area contributed by atoms with E-state index in [1.165, 1.54) is 23.4 Å². The Kier molecular flexibility index (Phi) is 2.45. The molecular formula is C9H7F4N3. The Morgan fingerprint density at radius 3 is 2.44 bits per heavy atom. The molecule has 2 rings (SSSR count). The van der Waals surface area contributed by atoms with Gasteiger partial charge in [0.25, 0.3) is 0 Å². The highest BCUT2D eigenvalue weighted by molar-refractivity contribution is 5.48. The van der Waals surface area contributed by atoms with E-state index in [9.17, 15) is 17.6 Å². The molecule has 16 heavy (non-hydrogen) atoms. The van der Waals surface area contributed by atoms with Gasteiger partial charge >= 0.3 is 6.30 Å². The predicted molar refractivity (Wildman–Crippen MR) is 48.6 cm³/mol. The Labute approximate surface area is 88.6 Å². The average molecular weight is 233 g/mol. The van der Waals surface area contributed by atoms with Gasteiger partial charge in [-0.2, -0.15) is 17.6 Å². The lowest BCUT2D eigenvalue weighted by Crippen LogP contribution is -2.36. The van der Waals surface area contributed by atoms with Crippen LogP contribution in [0.5, 0.6) is 0 Å². The smallest absolute Gasteiger partial charge is 0.327 e. The number of halogens is 4. The zero-order valence-corrected chi connectivity index (χ0v) is 7.95. The highest BCUT2D eigenvalue weighted by Crippen LogP contribution is 2.27. The van der Waals surface area contributed by atoms with Gasteiger partial charge in [-0.1, -0.05) is 0 Å². The number of nitrogens with zero attached hydrogens (tertiary/aromatic N) is 3. The van der Waals surface area contributed by atoms with Crippen molar-refractivity contribution >= 4 is 5.69 Å². The van der Waals surface area contributed by atoms with E-state index in [4.69, 9.17) is 0 Å². The highest BCUT2D eigenvalue weighted by atomic mass is 19.4. The third kappa shape index (κ3) is 2.07. The average Bonchev–Trinajstić information content (AvgIpc) is 2.67. The summed E-state index contributed by atoms with van der Waals surface area (Å²) in [5.41, 5.74) is 0.407. The van der Waals surface area contributed by atoms with Gasteiger partial charge in [-0.15, -0.1) is 0 Å². The first-order valence-electron chi connectivity index (χ1n) is 4.37. The Bertz CT molecular complexity index is 398. The fourth-order valence-electron chi connectivity index (χ4n) is 1.29. The number of alkyl halides is 3. The minimum Gasteiger partial charge on any atom is -0.327 e. The molecular weight excluding hydrogens is 226 g/mol. The van der Waals surface area contributed by atoms with Crippen molar-refractivity contribution < 1.29 is 17.6 Å². The molecule has 86 valence electrons. The zero-order valence-electron chi connectivity index (χ0n) is 7.95. The van der Waals surface area contributed by atoms with Crippen LogP contribution >= 0.6 is 0 Å². The number of hydrogen-bond acceptors (Lipinski definition) is 3. The topological polar surface area (TPSA) is 19.4 Å². The summed E-state index contributed by atoms with van der Waals surface area (Å²) in [7, 11) is 0. The van der Waals surface area contributed by atoms with Crippen molar-refractivity contribution in [3.8, 4) is 0 Å². The maximum atomic E-state index is 12.5. The molecule has 1 aromatic heterocycles. The van der Waals surface area contributed by atoms with Gasteiger partial charge in [-0.05, 0) is 12.1 Å². The van der Waals surface area contributed by atoms with Crippen LogP contribution in [0, 0.1) is 5.95 Å². The second-order valence-corrected chi connectivity index (χ2v) is 3.19. The van der Waals surface area contributed by atoms with Crippen LogP contribution in [-0.2, 0) is 0 Å². The molecule has 0 saturated carbocycles. The summed E-state index contributed by atoms with van der Waals surface area (Å²) in [4.78, 5) is 4.91. The molecule has 0 unspecified atom stereocenters. The van der Waals surface area contributed by atoms with E-state index in [-0.39, 0.29) is 11.6 Å². The lowest BCUT2D eigenvalue weighted by molar-refractivity contribution is -0.224. The van der Waals surface area contributed by atoms with E-state index in [0.717, 1.165) is 12.3 Å². The third-order valence-electron chi connectivity index (χ3n) is 2.10. The number of hydrogen-bond donors (Lipinski definition) is 0. The van der Waals surface area contributed by atoms with Gasteiger partial charge in [0.15, 0.2) is 0 Å². The lowest BCUT2D eigenvalue weighted by atomic mass is 10.4. The van der Waals surface area contributed by atoms with Gasteiger partial charge in [-0.25, -0.2) is 4.98 Å². The van der Waals surface area contributed by atoms with Crippen LogP contribution in [0.2, 0.25) is 0 Å². The van der Waals surface area contributed by atoms with E-state index in [1.54, 1.807) is 0 Å². The van der Waals surface area contributed by atoms with Crippen molar-refractivity contribution in [3.05, 3.63) is 36.7 Å². The van der Waals surface area contributed by atoms with Crippen molar-refractivity contribution in [3.63, 3.8) is 0 Å². The quantitative estimate of drug-likeness (QED) is 0.421. The molecule has 2 heterocycles. The summed E-state index contributed by atoms with van der Waals surface area (Å²) in [6.07, 6.45) is -1.04. The van der Waals surface area contributed by atoms with Crippen LogP contribution in [0.3, 0.4) is 0 Å². The summed E-state index contributed by atoms with van der Waals surface area (Å²) < 4.78 is 49.4. The fraction of sp³-hybridized carbons (Fsp3) is 0.222. The zero-order chi connectivity index (χ0) is 11.8. The van der Waals surface area contributed by atoms with Crippen molar-refractivity contribution in [2.75, 3.05) is 11.6 Å². The maximum Gasteiger partial charge on any atom is 0.485 e. The maximum absolute atomic E-state index is 12.5. The summed E-state index contributed by atoms with van der Waals surface area (Å²) in [6.45, 7) is -0.350. The van der Waals surface area contributed by atoms with Gasteiger partial charge in [0.05, 0.1) is 11.9 Å². The molecule has 7 heteroatoms. The third-order valence-corrected chi connectivity index (χ3v) is 2.10. The van der Waals surface area contributed by atoms with Crippen LogP contribution in [0.1, 0.15) is 0 Å².